The van der Waals surface area contributed by atoms with E-state index in [0.29, 0.717) is 12.5 Å². The minimum absolute atomic E-state index is 0.0312. The molecule has 154 valence electrons. The van der Waals surface area contributed by atoms with Gasteiger partial charge in [-0.25, -0.2) is 9.79 Å². The maximum absolute atomic E-state index is 13.0. The van der Waals surface area contributed by atoms with E-state index in [0.717, 1.165) is 16.3 Å². The highest BCUT2D eigenvalue weighted by atomic mass is 16.6. The van der Waals surface area contributed by atoms with Gasteiger partial charge in [0.25, 0.3) is 0 Å². The topological polar surface area (TPSA) is 74.2 Å². The van der Waals surface area contributed by atoms with Crippen LogP contribution in [0.2, 0.25) is 0 Å². The second kappa shape index (κ2) is 8.23. The van der Waals surface area contributed by atoms with E-state index in [4.69, 9.17) is 14.2 Å². The molecular weight excluding hydrogens is 370 g/mol. The molecule has 0 radical (unpaired) electrons. The van der Waals surface area contributed by atoms with Crippen LogP contribution in [-0.2, 0) is 23.8 Å². The molecule has 0 fully saturated rings. The Morgan fingerprint density at radius 1 is 1.14 bits per heavy atom. The van der Waals surface area contributed by atoms with Gasteiger partial charge < -0.3 is 14.2 Å². The van der Waals surface area contributed by atoms with Crippen LogP contribution >= 0.6 is 0 Å². The molecule has 2 aromatic rings. The SMILES string of the molecule is CCOC(=O)CC[C@@]1(C(=O)OC(C)(C)C)COC(c2ccc3ccccc3c2)=N1. The van der Waals surface area contributed by atoms with Gasteiger partial charge in [0.05, 0.1) is 6.61 Å². The maximum atomic E-state index is 13.0. The Morgan fingerprint density at radius 2 is 1.86 bits per heavy atom. The monoisotopic (exact) mass is 397 g/mol. The standard InChI is InChI=1S/C23H27NO5/c1-5-27-19(25)12-13-23(21(26)29-22(2,3)4)15-28-20(24-23)18-11-10-16-8-6-7-9-17(16)14-18/h6-11,14H,5,12-13,15H2,1-4H3/t23-/m0/s1. The third-order valence-corrected chi connectivity index (χ3v) is 4.59. The normalized spacial score (nSPS) is 18.8. The molecule has 29 heavy (non-hydrogen) atoms. The molecule has 0 bridgehead atoms. The number of esters is 2. The van der Waals surface area contributed by atoms with Crippen LogP contribution in [0.5, 0.6) is 0 Å². The Bertz CT molecular complexity index is 944. The van der Waals surface area contributed by atoms with Gasteiger partial charge in [-0.15, -0.1) is 0 Å². The number of nitrogens with zero attached hydrogens (tertiary/aromatic N) is 1. The third kappa shape index (κ3) is 4.94. The zero-order chi connectivity index (χ0) is 21.1. The van der Waals surface area contributed by atoms with E-state index in [9.17, 15) is 9.59 Å². The number of carbonyl (C=O) groups is 2. The van der Waals surface area contributed by atoms with E-state index >= 15 is 0 Å². The summed E-state index contributed by atoms with van der Waals surface area (Å²) in [6, 6.07) is 13.9. The number of carbonyl (C=O) groups excluding carboxylic acids is 2. The van der Waals surface area contributed by atoms with Crippen molar-refractivity contribution in [1.29, 1.82) is 0 Å². The van der Waals surface area contributed by atoms with Crippen LogP contribution in [-0.4, -0.2) is 42.2 Å². The fourth-order valence-corrected chi connectivity index (χ4v) is 3.17. The number of rotatable bonds is 6. The second-order valence-electron chi connectivity index (χ2n) is 8.11. The first kappa shape index (κ1) is 20.8. The van der Waals surface area contributed by atoms with Crippen LogP contribution in [0, 0.1) is 0 Å². The molecule has 6 heteroatoms. The Balaban J connectivity index is 1.91. The molecule has 1 aliphatic rings. The first-order valence-electron chi connectivity index (χ1n) is 9.83. The van der Waals surface area contributed by atoms with Crippen molar-refractivity contribution >= 4 is 28.6 Å². The molecular formula is C23H27NO5. The quantitative estimate of drug-likeness (QED) is 0.688. The first-order valence-corrected chi connectivity index (χ1v) is 9.83. The van der Waals surface area contributed by atoms with Crippen molar-refractivity contribution in [3.8, 4) is 0 Å². The van der Waals surface area contributed by atoms with Crippen LogP contribution in [0.15, 0.2) is 47.5 Å². The van der Waals surface area contributed by atoms with Crippen molar-refractivity contribution < 1.29 is 23.8 Å². The van der Waals surface area contributed by atoms with Crippen LogP contribution in [0.1, 0.15) is 46.1 Å². The molecule has 0 amide bonds. The van der Waals surface area contributed by atoms with Gasteiger partial charge in [-0.2, -0.15) is 0 Å². The highest BCUT2D eigenvalue weighted by Crippen LogP contribution is 2.31. The summed E-state index contributed by atoms with van der Waals surface area (Å²) in [5.74, 6) is -0.486. The van der Waals surface area contributed by atoms with Crippen molar-refractivity contribution in [3.63, 3.8) is 0 Å². The maximum Gasteiger partial charge on any atom is 0.338 e. The summed E-state index contributed by atoms with van der Waals surface area (Å²) >= 11 is 0. The minimum atomic E-state index is -1.26. The number of ether oxygens (including phenoxy) is 3. The molecule has 2 aromatic carbocycles. The molecule has 0 N–H and O–H groups in total. The zero-order valence-corrected chi connectivity index (χ0v) is 17.4. The largest absolute Gasteiger partial charge is 0.474 e. The zero-order valence-electron chi connectivity index (χ0n) is 17.4. The Kier molecular flexibility index (Phi) is 5.91. The summed E-state index contributed by atoms with van der Waals surface area (Å²) in [4.78, 5) is 29.5. The summed E-state index contributed by atoms with van der Waals surface area (Å²) < 4.78 is 16.4. The van der Waals surface area contributed by atoms with Crippen LogP contribution in [0.3, 0.4) is 0 Å². The number of hydrogen-bond donors (Lipinski definition) is 0. The number of aliphatic imine (C=N–C) groups is 1. The Hall–Kier alpha value is -2.89. The minimum Gasteiger partial charge on any atom is -0.474 e. The fraction of sp³-hybridized carbons (Fsp3) is 0.435. The molecule has 3 rings (SSSR count). The van der Waals surface area contributed by atoms with E-state index in [1.807, 2.05) is 42.5 Å². The summed E-state index contributed by atoms with van der Waals surface area (Å²) in [5.41, 5.74) is -1.15. The van der Waals surface area contributed by atoms with Crippen molar-refractivity contribution in [2.75, 3.05) is 13.2 Å². The van der Waals surface area contributed by atoms with Gasteiger partial charge in [-0.05, 0) is 57.0 Å². The molecule has 6 nitrogen and oxygen atoms in total. The molecule has 0 unspecified atom stereocenters. The van der Waals surface area contributed by atoms with E-state index in [-0.39, 0.29) is 25.4 Å². The first-order chi connectivity index (χ1) is 13.7. The van der Waals surface area contributed by atoms with Gasteiger partial charge >= 0.3 is 11.9 Å². The lowest BCUT2D eigenvalue weighted by atomic mass is 9.95. The summed E-state index contributed by atoms with van der Waals surface area (Å²) in [6.45, 7) is 7.47. The average Bonchev–Trinajstić information content (AvgIpc) is 3.11. The van der Waals surface area contributed by atoms with E-state index in [2.05, 4.69) is 4.99 Å². The Labute approximate surface area is 170 Å². The molecule has 0 saturated heterocycles. The van der Waals surface area contributed by atoms with Crippen LogP contribution in [0.4, 0.5) is 0 Å². The highest BCUT2D eigenvalue weighted by molar-refractivity contribution is 6.02. The third-order valence-electron chi connectivity index (χ3n) is 4.59. The summed E-state index contributed by atoms with van der Waals surface area (Å²) in [5, 5.41) is 2.16. The van der Waals surface area contributed by atoms with Crippen LogP contribution < -0.4 is 0 Å². The van der Waals surface area contributed by atoms with Crippen molar-refractivity contribution in [3.05, 3.63) is 48.0 Å². The van der Waals surface area contributed by atoms with Gasteiger partial charge in [0.15, 0.2) is 5.54 Å². The number of fused-ring (bicyclic) bond motifs is 1. The van der Waals surface area contributed by atoms with Crippen molar-refractivity contribution in [2.24, 2.45) is 4.99 Å². The van der Waals surface area contributed by atoms with Gasteiger partial charge in [-0.1, -0.05) is 30.3 Å². The molecule has 0 aliphatic carbocycles. The van der Waals surface area contributed by atoms with Gasteiger partial charge in [-0.3, -0.25) is 4.79 Å². The predicted molar refractivity (Wildman–Crippen MR) is 111 cm³/mol. The van der Waals surface area contributed by atoms with Crippen molar-refractivity contribution in [2.45, 2.75) is 51.7 Å². The molecule has 1 heterocycles. The molecule has 0 spiro atoms. The lowest BCUT2D eigenvalue weighted by molar-refractivity contribution is -0.162. The molecule has 0 aromatic heterocycles. The lowest BCUT2D eigenvalue weighted by Crippen LogP contribution is -2.43. The van der Waals surface area contributed by atoms with E-state index in [1.54, 1.807) is 27.7 Å². The summed E-state index contributed by atoms with van der Waals surface area (Å²) in [7, 11) is 0. The van der Waals surface area contributed by atoms with E-state index in [1.165, 1.54) is 0 Å². The smallest absolute Gasteiger partial charge is 0.338 e. The van der Waals surface area contributed by atoms with E-state index < -0.39 is 17.1 Å². The molecule has 1 aliphatic heterocycles. The van der Waals surface area contributed by atoms with Crippen LogP contribution in [0.25, 0.3) is 10.8 Å². The second-order valence-corrected chi connectivity index (χ2v) is 8.11. The van der Waals surface area contributed by atoms with Gasteiger partial charge in [0, 0.05) is 12.0 Å². The summed E-state index contributed by atoms with van der Waals surface area (Å²) in [6.07, 6.45) is 0.225. The average molecular weight is 397 g/mol. The molecule has 0 saturated carbocycles. The van der Waals surface area contributed by atoms with Crippen molar-refractivity contribution in [1.82, 2.24) is 0 Å². The fourth-order valence-electron chi connectivity index (χ4n) is 3.17. The number of benzene rings is 2. The van der Waals surface area contributed by atoms with Gasteiger partial charge in [0.1, 0.15) is 12.2 Å². The molecule has 1 atom stereocenters. The van der Waals surface area contributed by atoms with Gasteiger partial charge in [0.2, 0.25) is 5.90 Å². The Morgan fingerprint density at radius 3 is 2.55 bits per heavy atom. The highest BCUT2D eigenvalue weighted by Gasteiger charge is 2.47. The lowest BCUT2D eigenvalue weighted by Gasteiger charge is -2.27. The predicted octanol–water partition coefficient (Wildman–Crippen LogP) is 4.04. The number of hydrogen-bond acceptors (Lipinski definition) is 6.